The molecule has 0 bridgehead atoms. The summed E-state index contributed by atoms with van der Waals surface area (Å²) in [5.74, 6) is 0. The first-order valence-electron chi connectivity index (χ1n) is 5.47. The largest absolute Gasteiger partial charge is 0.443 e. The van der Waals surface area contributed by atoms with E-state index in [1.807, 2.05) is 0 Å². The Bertz CT molecular complexity index is 593. The van der Waals surface area contributed by atoms with Crippen molar-refractivity contribution in [3.63, 3.8) is 0 Å². The lowest BCUT2D eigenvalue weighted by molar-refractivity contribution is -0.137. The van der Waals surface area contributed by atoms with Crippen LogP contribution in [0.5, 0.6) is 0 Å². The standard InChI is InChI=1S/C12H9Cl2F3N2S/c1-18-10(6-2-7(13)4-8(14)3-6)9-5-19-11(20-9)12(15,16)17/h2-5,10,18H,1H3. The fourth-order valence-corrected chi connectivity index (χ4v) is 3.23. The van der Waals surface area contributed by atoms with Crippen molar-refractivity contribution in [2.45, 2.75) is 12.2 Å². The molecule has 2 aromatic rings. The quantitative estimate of drug-likeness (QED) is 0.869. The highest BCUT2D eigenvalue weighted by Gasteiger charge is 2.35. The van der Waals surface area contributed by atoms with Crippen LogP contribution >= 0.6 is 34.5 Å². The third-order valence-corrected chi connectivity index (χ3v) is 4.10. The normalized spacial score (nSPS) is 13.5. The van der Waals surface area contributed by atoms with Gasteiger partial charge < -0.3 is 5.32 Å². The van der Waals surface area contributed by atoms with Gasteiger partial charge >= 0.3 is 6.18 Å². The Labute approximate surface area is 127 Å². The molecule has 108 valence electrons. The first kappa shape index (κ1) is 15.6. The number of nitrogens with zero attached hydrogens (tertiary/aromatic N) is 1. The average Bonchev–Trinajstić information content (AvgIpc) is 2.77. The Morgan fingerprint density at radius 2 is 1.80 bits per heavy atom. The van der Waals surface area contributed by atoms with Gasteiger partial charge in [-0.2, -0.15) is 13.2 Å². The van der Waals surface area contributed by atoms with Crippen molar-refractivity contribution in [2.75, 3.05) is 7.05 Å². The summed E-state index contributed by atoms with van der Waals surface area (Å²) < 4.78 is 37.8. The van der Waals surface area contributed by atoms with E-state index in [1.54, 1.807) is 25.2 Å². The molecule has 2 rings (SSSR count). The van der Waals surface area contributed by atoms with Crippen LogP contribution in [0.1, 0.15) is 21.5 Å². The summed E-state index contributed by atoms with van der Waals surface area (Å²) in [6.45, 7) is 0. The van der Waals surface area contributed by atoms with Crippen LogP contribution in [0.15, 0.2) is 24.4 Å². The molecule has 1 atom stereocenters. The van der Waals surface area contributed by atoms with E-state index in [1.165, 1.54) is 6.20 Å². The van der Waals surface area contributed by atoms with Gasteiger partial charge in [-0.1, -0.05) is 23.2 Å². The Balaban J connectivity index is 2.39. The molecule has 0 spiro atoms. The Hall–Kier alpha value is -0.820. The van der Waals surface area contributed by atoms with Crippen molar-refractivity contribution in [2.24, 2.45) is 0 Å². The number of alkyl halides is 3. The highest BCUT2D eigenvalue weighted by molar-refractivity contribution is 7.11. The minimum atomic E-state index is -4.44. The van der Waals surface area contributed by atoms with Crippen molar-refractivity contribution in [1.82, 2.24) is 10.3 Å². The minimum absolute atomic E-state index is 0.424. The second kappa shape index (κ2) is 5.89. The highest BCUT2D eigenvalue weighted by atomic mass is 35.5. The number of thiazole rings is 1. The van der Waals surface area contributed by atoms with E-state index < -0.39 is 17.2 Å². The molecule has 1 unspecified atom stereocenters. The average molecular weight is 341 g/mol. The van der Waals surface area contributed by atoms with Crippen LogP contribution in [0.25, 0.3) is 0 Å². The predicted octanol–water partition coefficient (Wildman–Crippen LogP) is 4.78. The molecule has 8 heteroatoms. The van der Waals surface area contributed by atoms with Crippen molar-refractivity contribution < 1.29 is 13.2 Å². The van der Waals surface area contributed by atoms with Gasteiger partial charge in [0.2, 0.25) is 0 Å². The third kappa shape index (κ3) is 3.44. The van der Waals surface area contributed by atoms with E-state index in [0.717, 1.165) is 0 Å². The van der Waals surface area contributed by atoms with Crippen LogP contribution in [-0.2, 0) is 6.18 Å². The maximum absolute atomic E-state index is 12.6. The van der Waals surface area contributed by atoms with Gasteiger partial charge in [-0.15, -0.1) is 11.3 Å². The van der Waals surface area contributed by atoms with Crippen molar-refractivity contribution >= 4 is 34.5 Å². The van der Waals surface area contributed by atoms with Crippen molar-refractivity contribution in [3.05, 3.63) is 49.9 Å². The van der Waals surface area contributed by atoms with Crippen molar-refractivity contribution in [3.8, 4) is 0 Å². The Morgan fingerprint density at radius 1 is 1.20 bits per heavy atom. The zero-order valence-corrected chi connectivity index (χ0v) is 12.5. The van der Waals surface area contributed by atoms with Gasteiger partial charge in [-0.05, 0) is 30.8 Å². The maximum atomic E-state index is 12.6. The number of benzene rings is 1. The lowest BCUT2D eigenvalue weighted by Gasteiger charge is -2.15. The molecule has 0 radical (unpaired) electrons. The summed E-state index contributed by atoms with van der Waals surface area (Å²) in [5.41, 5.74) is 0.683. The zero-order chi connectivity index (χ0) is 14.9. The van der Waals surface area contributed by atoms with Crippen molar-refractivity contribution in [1.29, 1.82) is 0 Å². The van der Waals surface area contributed by atoms with Gasteiger partial charge in [-0.25, -0.2) is 4.98 Å². The monoisotopic (exact) mass is 340 g/mol. The molecule has 2 nitrogen and oxygen atoms in total. The van der Waals surface area contributed by atoms with Crippen LogP contribution in [0.4, 0.5) is 13.2 Å². The number of nitrogens with one attached hydrogen (secondary N) is 1. The first-order chi connectivity index (χ1) is 9.31. The topological polar surface area (TPSA) is 24.9 Å². The molecular weight excluding hydrogens is 332 g/mol. The van der Waals surface area contributed by atoms with E-state index in [4.69, 9.17) is 23.2 Å². The van der Waals surface area contributed by atoms with Crippen LogP contribution < -0.4 is 5.32 Å². The van der Waals surface area contributed by atoms with E-state index in [2.05, 4.69) is 10.3 Å². The van der Waals surface area contributed by atoms with E-state index in [9.17, 15) is 13.2 Å². The summed E-state index contributed by atoms with van der Waals surface area (Å²) in [6.07, 6.45) is -3.23. The minimum Gasteiger partial charge on any atom is -0.309 e. The number of aromatic nitrogens is 1. The second-order valence-electron chi connectivity index (χ2n) is 3.99. The number of hydrogen-bond donors (Lipinski definition) is 1. The van der Waals surface area contributed by atoms with Crippen LogP contribution in [0.2, 0.25) is 10.0 Å². The Morgan fingerprint density at radius 3 is 2.25 bits per heavy atom. The summed E-state index contributed by atoms with van der Waals surface area (Å²) in [7, 11) is 1.65. The second-order valence-corrected chi connectivity index (χ2v) is 5.93. The molecule has 0 amide bonds. The van der Waals surface area contributed by atoms with Gasteiger partial charge in [0.1, 0.15) is 0 Å². The molecule has 0 saturated heterocycles. The lowest BCUT2D eigenvalue weighted by Crippen LogP contribution is -2.16. The SMILES string of the molecule is CNC(c1cc(Cl)cc(Cl)c1)c1cnc(C(F)(F)F)s1. The highest BCUT2D eigenvalue weighted by Crippen LogP contribution is 2.36. The maximum Gasteiger partial charge on any atom is 0.443 e. The van der Waals surface area contributed by atoms with Crippen LogP contribution in [-0.4, -0.2) is 12.0 Å². The Kier molecular flexibility index (Phi) is 4.59. The van der Waals surface area contributed by atoms with E-state index >= 15 is 0 Å². The van der Waals surface area contributed by atoms with Gasteiger partial charge in [0.25, 0.3) is 0 Å². The van der Waals surface area contributed by atoms with Gasteiger partial charge in [0, 0.05) is 21.1 Å². The number of halogens is 5. The fourth-order valence-electron chi connectivity index (χ4n) is 1.77. The number of rotatable bonds is 3. The molecule has 0 aliphatic carbocycles. The molecule has 1 N–H and O–H groups in total. The molecule has 1 aromatic carbocycles. The molecular formula is C12H9Cl2F3N2S. The summed E-state index contributed by atoms with van der Waals surface area (Å²) >= 11 is 12.4. The first-order valence-corrected chi connectivity index (χ1v) is 7.04. The summed E-state index contributed by atoms with van der Waals surface area (Å²) in [6, 6.07) is 4.43. The molecule has 0 saturated carbocycles. The van der Waals surface area contributed by atoms with Gasteiger partial charge in [0.15, 0.2) is 5.01 Å². The molecule has 1 aromatic heterocycles. The third-order valence-electron chi connectivity index (χ3n) is 2.56. The summed E-state index contributed by atoms with van der Waals surface area (Å²) in [5, 5.41) is 2.91. The fraction of sp³-hybridized carbons (Fsp3) is 0.250. The smallest absolute Gasteiger partial charge is 0.309 e. The molecule has 0 aliphatic rings. The van der Waals surface area contributed by atoms with Gasteiger partial charge in [0.05, 0.1) is 6.04 Å². The molecule has 0 fully saturated rings. The number of hydrogen-bond acceptors (Lipinski definition) is 3. The van der Waals surface area contributed by atoms with Crippen LogP contribution in [0, 0.1) is 0 Å². The van der Waals surface area contributed by atoms with Crippen LogP contribution in [0.3, 0.4) is 0 Å². The zero-order valence-electron chi connectivity index (χ0n) is 10.1. The summed E-state index contributed by atoms with van der Waals surface area (Å²) in [4.78, 5) is 3.86. The van der Waals surface area contributed by atoms with E-state index in [-0.39, 0.29) is 0 Å². The predicted molar refractivity (Wildman–Crippen MR) is 74.5 cm³/mol. The molecule has 1 heterocycles. The molecule has 20 heavy (non-hydrogen) atoms. The molecule has 0 aliphatic heterocycles. The van der Waals surface area contributed by atoms with Gasteiger partial charge in [-0.3, -0.25) is 0 Å². The lowest BCUT2D eigenvalue weighted by atomic mass is 10.1. The van der Waals surface area contributed by atoms with E-state index in [0.29, 0.717) is 31.8 Å².